The summed E-state index contributed by atoms with van der Waals surface area (Å²) in [5.74, 6) is 1.02. The minimum Gasteiger partial charge on any atom is -0.494 e. The summed E-state index contributed by atoms with van der Waals surface area (Å²) >= 11 is 1.56. The predicted molar refractivity (Wildman–Crippen MR) is 126 cm³/mol. The molecule has 168 valence electrons. The summed E-state index contributed by atoms with van der Waals surface area (Å²) in [7, 11) is 0. The second-order valence-corrected chi connectivity index (χ2v) is 9.06. The molecular weight excluding hydrogens is 410 g/mol. The molecule has 1 unspecified atom stereocenters. The van der Waals surface area contributed by atoms with Gasteiger partial charge in [0.25, 0.3) is 0 Å². The van der Waals surface area contributed by atoms with Gasteiger partial charge < -0.3 is 20.7 Å². The Kier molecular flexibility index (Phi) is 8.09. The minimum absolute atomic E-state index is 0.0285. The first-order valence-corrected chi connectivity index (χ1v) is 11.9. The molecule has 0 aliphatic carbocycles. The number of ether oxygens (including phenoxy) is 1. The third-order valence-corrected chi connectivity index (χ3v) is 6.86. The van der Waals surface area contributed by atoms with Crippen LogP contribution in [0.1, 0.15) is 67.5 Å². The van der Waals surface area contributed by atoms with Crippen LogP contribution >= 0.6 is 11.3 Å². The van der Waals surface area contributed by atoms with Gasteiger partial charge in [-0.2, -0.15) is 0 Å². The third kappa shape index (κ3) is 5.46. The Hall–Kier alpha value is -2.38. The minimum atomic E-state index is -0.0361. The van der Waals surface area contributed by atoms with Crippen LogP contribution in [0.25, 0.3) is 0 Å². The maximum Gasteiger partial charge on any atom is 0.225 e. The molecule has 0 fully saturated rings. The van der Waals surface area contributed by atoms with Crippen LogP contribution in [0.5, 0.6) is 5.75 Å². The van der Waals surface area contributed by atoms with Crippen LogP contribution in [0, 0.1) is 0 Å². The number of nitrogens with one attached hydrogen (secondary N) is 1. The molecule has 1 atom stereocenters. The van der Waals surface area contributed by atoms with Crippen LogP contribution in [-0.4, -0.2) is 29.9 Å². The number of para-hydroxylation sites is 1. The SMILES string of the molecule is CCCC(=O)N1CCc2c(sc(NC(=O)CC(C)c3ccccc3OCC)c2CN)C1. The molecule has 0 saturated carbocycles. The van der Waals surface area contributed by atoms with Crippen LogP contribution in [0.2, 0.25) is 0 Å². The largest absolute Gasteiger partial charge is 0.494 e. The van der Waals surface area contributed by atoms with E-state index in [1.807, 2.05) is 49.9 Å². The molecule has 2 heterocycles. The molecule has 6 nitrogen and oxygen atoms in total. The summed E-state index contributed by atoms with van der Waals surface area (Å²) in [5.41, 5.74) is 9.30. The average molecular weight is 444 g/mol. The number of rotatable bonds is 9. The highest BCUT2D eigenvalue weighted by Crippen LogP contribution is 2.37. The molecule has 1 aliphatic heterocycles. The zero-order valence-electron chi connectivity index (χ0n) is 18.7. The van der Waals surface area contributed by atoms with Gasteiger partial charge in [-0.25, -0.2) is 0 Å². The Morgan fingerprint density at radius 3 is 2.77 bits per heavy atom. The van der Waals surface area contributed by atoms with Gasteiger partial charge in [-0.1, -0.05) is 32.0 Å². The molecule has 3 rings (SSSR count). The van der Waals surface area contributed by atoms with Gasteiger partial charge in [0.15, 0.2) is 0 Å². The molecule has 0 bridgehead atoms. The van der Waals surface area contributed by atoms with E-state index in [1.54, 1.807) is 11.3 Å². The van der Waals surface area contributed by atoms with E-state index in [-0.39, 0.29) is 17.7 Å². The number of hydrogen-bond donors (Lipinski definition) is 2. The number of fused-ring (bicyclic) bond motifs is 1. The Labute approximate surface area is 188 Å². The Morgan fingerprint density at radius 1 is 1.29 bits per heavy atom. The first-order chi connectivity index (χ1) is 15.0. The van der Waals surface area contributed by atoms with E-state index in [4.69, 9.17) is 10.5 Å². The summed E-state index contributed by atoms with van der Waals surface area (Å²) < 4.78 is 5.72. The maximum atomic E-state index is 12.9. The highest BCUT2D eigenvalue weighted by Gasteiger charge is 2.27. The van der Waals surface area contributed by atoms with Crippen LogP contribution in [-0.2, 0) is 29.1 Å². The van der Waals surface area contributed by atoms with E-state index in [2.05, 4.69) is 5.32 Å². The normalized spacial score (nSPS) is 14.1. The zero-order chi connectivity index (χ0) is 22.4. The van der Waals surface area contributed by atoms with Gasteiger partial charge >= 0.3 is 0 Å². The number of thiophene rings is 1. The number of nitrogens with zero attached hydrogens (tertiary/aromatic N) is 1. The first kappa shape index (κ1) is 23.3. The van der Waals surface area contributed by atoms with Crippen molar-refractivity contribution >= 4 is 28.2 Å². The summed E-state index contributed by atoms with van der Waals surface area (Å²) in [6, 6.07) is 7.87. The third-order valence-electron chi connectivity index (χ3n) is 5.68. The number of amides is 2. The molecule has 0 saturated heterocycles. The lowest BCUT2D eigenvalue weighted by atomic mass is 9.96. The molecule has 0 radical (unpaired) electrons. The van der Waals surface area contributed by atoms with Crippen molar-refractivity contribution in [3.63, 3.8) is 0 Å². The van der Waals surface area contributed by atoms with Gasteiger partial charge in [-0.05, 0) is 42.9 Å². The quantitative estimate of drug-likeness (QED) is 0.601. The van der Waals surface area contributed by atoms with Gasteiger partial charge in [-0.15, -0.1) is 11.3 Å². The smallest absolute Gasteiger partial charge is 0.225 e. The molecule has 0 spiro atoms. The van der Waals surface area contributed by atoms with Gasteiger partial charge in [-0.3, -0.25) is 9.59 Å². The monoisotopic (exact) mass is 443 g/mol. The van der Waals surface area contributed by atoms with Gasteiger partial charge in [0.05, 0.1) is 18.2 Å². The number of anilines is 1. The summed E-state index contributed by atoms with van der Waals surface area (Å²) in [6.07, 6.45) is 2.58. The second kappa shape index (κ2) is 10.8. The number of nitrogens with two attached hydrogens (primary N) is 1. The highest BCUT2D eigenvalue weighted by molar-refractivity contribution is 7.16. The van der Waals surface area contributed by atoms with Crippen LogP contribution in [0.15, 0.2) is 24.3 Å². The number of carbonyl (C=O) groups excluding carboxylic acids is 2. The van der Waals surface area contributed by atoms with Crippen LogP contribution in [0.4, 0.5) is 5.00 Å². The lowest BCUT2D eigenvalue weighted by Crippen LogP contribution is -2.35. The molecule has 1 aromatic heterocycles. The summed E-state index contributed by atoms with van der Waals surface area (Å²) in [5, 5.41) is 3.92. The van der Waals surface area contributed by atoms with Crippen molar-refractivity contribution in [2.75, 3.05) is 18.5 Å². The van der Waals surface area contributed by atoms with Gasteiger partial charge in [0.1, 0.15) is 5.75 Å². The molecule has 2 amide bonds. The molecule has 3 N–H and O–H groups in total. The molecule has 7 heteroatoms. The molecular formula is C24H33N3O3S. The zero-order valence-corrected chi connectivity index (χ0v) is 19.5. The number of hydrogen-bond acceptors (Lipinski definition) is 5. The fraction of sp³-hybridized carbons (Fsp3) is 0.500. The number of carbonyl (C=O) groups is 2. The van der Waals surface area contributed by atoms with E-state index >= 15 is 0 Å². The van der Waals surface area contributed by atoms with Crippen molar-refractivity contribution in [1.82, 2.24) is 4.90 Å². The molecule has 1 aliphatic rings. The van der Waals surface area contributed by atoms with Crippen molar-refractivity contribution in [3.8, 4) is 5.75 Å². The van der Waals surface area contributed by atoms with E-state index in [0.29, 0.717) is 39.1 Å². The lowest BCUT2D eigenvalue weighted by Gasteiger charge is -2.27. The van der Waals surface area contributed by atoms with Crippen LogP contribution < -0.4 is 15.8 Å². The average Bonchev–Trinajstić information content (AvgIpc) is 3.10. The predicted octanol–water partition coefficient (Wildman–Crippen LogP) is 4.42. The van der Waals surface area contributed by atoms with Crippen molar-refractivity contribution < 1.29 is 14.3 Å². The lowest BCUT2D eigenvalue weighted by molar-refractivity contribution is -0.132. The molecule has 1 aromatic carbocycles. The molecule has 31 heavy (non-hydrogen) atoms. The van der Waals surface area contributed by atoms with E-state index in [1.165, 1.54) is 5.56 Å². The van der Waals surface area contributed by atoms with Crippen molar-refractivity contribution in [1.29, 1.82) is 0 Å². The topological polar surface area (TPSA) is 84.7 Å². The highest BCUT2D eigenvalue weighted by atomic mass is 32.1. The standard InChI is InChI=1S/C24H33N3O3S/c1-4-8-23(29)27-12-11-18-19(14-25)24(31-21(18)15-27)26-22(28)13-16(3)17-9-6-7-10-20(17)30-5-2/h6-7,9-10,16H,4-5,8,11-15,25H2,1-3H3,(H,26,28). The van der Waals surface area contributed by atoms with E-state index in [0.717, 1.165) is 39.6 Å². The van der Waals surface area contributed by atoms with Gasteiger partial charge in [0, 0.05) is 36.4 Å². The Morgan fingerprint density at radius 2 is 2.06 bits per heavy atom. The van der Waals surface area contributed by atoms with Crippen molar-refractivity contribution in [3.05, 3.63) is 45.8 Å². The summed E-state index contributed by atoms with van der Waals surface area (Å²) in [4.78, 5) is 28.2. The van der Waals surface area contributed by atoms with Gasteiger partial charge in [0.2, 0.25) is 11.8 Å². The van der Waals surface area contributed by atoms with Crippen LogP contribution in [0.3, 0.4) is 0 Å². The van der Waals surface area contributed by atoms with E-state index < -0.39 is 0 Å². The molecule has 2 aromatic rings. The number of benzene rings is 1. The fourth-order valence-corrected chi connectivity index (χ4v) is 5.42. The van der Waals surface area contributed by atoms with E-state index in [9.17, 15) is 9.59 Å². The Bertz CT molecular complexity index is 925. The van der Waals surface area contributed by atoms with Crippen molar-refractivity contribution in [2.45, 2.75) is 65.5 Å². The maximum absolute atomic E-state index is 12.9. The second-order valence-electron chi connectivity index (χ2n) is 7.96. The Balaban J connectivity index is 1.70. The fourth-order valence-electron chi connectivity index (χ4n) is 4.11. The van der Waals surface area contributed by atoms with Crippen molar-refractivity contribution in [2.24, 2.45) is 5.73 Å². The summed E-state index contributed by atoms with van der Waals surface area (Å²) in [6.45, 7) is 8.32. The first-order valence-electron chi connectivity index (χ1n) is 11.1.